The highest BCUT2D eigenvalue weighted by Crippen LogP contribution is 1.57. The van der Waals surface area contributed by atoms with Crippen molar-refractivity contribution in [3.63, 3.8) is 0 Å². The van der Waals surface area contributed by atoms with Gasteiger partial charge in [-0.1, -0.05) is 0 Å². The summed E-state index contributed by atoms with van der Waals surface area (Å²) in [6.45, 7) is 1.04. The third kappa shape index (κ3) is 5.30. The molecule has 40 valence electrons. The van der Waals surface area contributed by atoms with Crippen LogP contribution in [0.2, 0.25) is 0 Å². The van der Waals surface area contributed by atoms with E-state index in [2.05, 4.69) is 4.99 Å². The van der Waals surface area contributed by atoms with Crippen LogP contribution < -0.4 is 5.73 Å². The number of aldehydes is 1. The van der Waals surface area contributed by atoms with Crippen LogP contribution in [0.25, 0.3) is 0 Å². The molecule has 0 bridgehead atoms. The van der Waals surface area contributed by atoms with Crippen molar-refractivity contribution < 1.29 is 4.79 Å². The Labute approximate surface area is 42.2 Å². The fourth-order valence-corrected chi connectivity index (χ4v) is 0.192. The minimum atomic E-state index is 0.504. The van der Waals surface area contributed by atoms with Crippen LogP contribution in [0.5, 0.6) is 0 Å². The molecule has 0 atom stereocenters. The Morgan fingerprint density at radius 1 is 1.71 bits per heavy atom. The highest BCUT2D eigenvalue weighted by Gasteiger charge is 1.67. The Bertz CT molecular complexity index is 70.1. The van der Waals surface area contributed by atoms with Crippen LogP contribution in [0.1, 0.15) is 0 Å². The zero-order valence-corrected chi connectivity index (χ0v) is 4.00. The summed E-state index contributed by atoms with van der Waals surface area (Å²) in [5, 5.41) is 0. The average molecular weight is 100 g/mol. The molecule has 0 aliphatic rings. The quantitative estimate of drug-likeness (QED) is 0.373. The van der Waals surface area contributed by atoms with Gasteiger partial charge in [-0.3, -0.25) is 9.79 Å². The molecule has 0 saturated heterocycles. The summed E-state index contributed by atoms with van der Waals surface area (Å²) >= 11 is 0. The number of nitrogens with zero attached hydrogens (tertiary/aromatic N) is 1. The first-order chi connectivity index (χ1) is 3.41. The van der Waals surface area contributed by atoms with E-state index in [0.717, 1.165) is 0 Å². The molecular formula is C4H8N2O. The van der Waals surface area contributed by atoms with Gasteiger partial charge in [0.25, 0.3) is 0 Å². The topological polar surface area (TPSA) is 55.4 Å². The third-order valence-corrected chi connectivity index (χ3v) is 0.424. The van der Waals surface area contributed by atoms with Gasteiger partial charge >= 0.3 is 0 Å². The van der Waals surface area contributed by atoms with Crippen LogP contribution in [0.15, 0.2) is 4.99 Å². The van der Waals surface area contributed by atoms with E-state index in [0.29, 0.717) is 19.4 Å². The molecule has 3 nitrogen and oxygen atoms in total. The Hall–Kier alpha value is -0.700. The first kappa shape index (κ1) is 6.30. The number of hydrogen-bond donors (Lipinski definition) is 1. The van der Waals surface area contributed by atoms with Crippen molar-refractivity contribution in [1.82, 2.24) is 0 Å². The van der Waals surface area contributed by atoms with E-state index in [1.165, 1.54) is 6.21 Å². The van der Waals surface area contributed by atoms with Crippen molar-refractivity contribution >= 4 is 12.5 Å². The number of aliphatic imine (C=N–C) groups is 1. The van der Waals surface area contributed by atoms with Gasteiger partial charge in [0.2, 0.25) is 0 Å². The molecule has 0 unspecified atom stereocenters. The van der Waals surface area contributed by atoms with Crippen molar-refractivity contribution in [2.24, 2.45) is 10.7 Å². The summed E-state index contributed by atoms with van der Waals surface area (Å²) in [4.78, 5) is 13.1. The first-order valence-electron chi connectivity index (χ1n) is 2.05. The van der Waals surface area contributed by atoms with Gasteiger partial charge in [-0.2, -0.15) is 0 Å². The molecule has 0 aliphatic carbocycles. The van der Waals surface area contributed by atoms with Gasteiger partial charge in [-0.05, 0) is 0 Å². The van der Waals surface area contributed by atoms with E-state index >= 15 is 0 Å². The van der Waals surface area contributed by atoms with E-state index in [1.807, 2.05) is 0 Å². The van der Waals surface area contributed by atoms with Crippen LogP contribution >= 0.6 is 0 Å². The van der Waals surface area contributed by atoms with Crippen molar-refractivity contribution in [2.45, 2.75) is 0 Å². The second-order valence-electron chi connectivity index (χ2n) is 0.980. The fourth-order valence-electron chi connectivity index (χ4n) is 0.192. The van der Waals surface area contributed by atoms with Crippen molar-refractivity contribution in [2.75, 3.05) is 13.1 Å². The van der Waals surface area contributed by atoms with E-state index < -0.39 is 0 Å². The first-order valence-corrected chi connectivity index (χ1v) is 2.05. The summed E-state index contributed by atoms with van der Waals surface area (Å²) in [7, 11) is 0. The summed E-state index contributed by atoms with van der Waals surface area (Å²) < 4.78 is 0. The molecule has 0 spiro atoms. The lowest BCUT2D eigenvalue weighted by molar-refractivity contribution is -0.102. The van der Waals surface area contributed by atoms with Gasteiger partial charge in [0, 0.05) is 6.54 Å². The summed E-state index contributed by atoms with van der Waals surface area (Å²) in [6.07, 6.45) is 1.84. The second-order valence-corrected chi connectivity index (χ2v) is 0.980. The van der Waals surface area contributed by atoms with Crippen molar-refractivity contribution in [3.05, 3.63) is 0 Å². The molecule has 7 heavy (non-hydrogen) atoms. The number of carbonyl (C=O) groups excluding carboxylic acids is 1. The molecule has 0 aliphatic heterocycles. The van der Waals surface area contributed by atoms with Gasteiger partial charge in [0.1, 0.15) is 0 Å². The van der Waals surface area contributed by atoms with Crippen LogP contribution in [0.3, 0.4) is 0 Å². The number of hydrogen-bond acceptors (Lipinski definition) is 3. The number of carbonyl (C=O) groups is 1. The molecule has 0 radical (unpaired) electrons. The Morgan fingerprint density at radius 3 is 2.86 bits per heavy atom. The summed E-state index contributed by atoms with van der Waals surface area (Å²) in [5.74, 6) is 0. The molecule has 0 aromatic rings. The molecular weight excluding hydrogens is 92.1 g/mol. The largest absolute Gasteiger partial charge is 0.329 e. The fraction of sp³-hybridized carbons (Fsp3) is 0.500. The number of rotatable bonds is 3. The highest BCUT2D eigenvalue weighted by molar-refractivity contribution is 6.12. The molecule has 0 heterocycles. The molecule has 2 N–H and O–H groups in total. The van der Waals surface area contributed by atoms with E-state index in [9.17, 15) is 4.79 Å². The molecule has 0 aromatic carbocycles. The van der Waals surface area contributed by atoms with Gasteiger partial charge in [-0.15, -0.1) is 0 Å². The molecule has 0 fully saturated rings. The molecule has 3 heteroatoms. The zero-order chi connectivity index (χ0) is 5.54. The van der Waals surface area contributed by atoms with Crippen LogP contribution in [0, 0.1) is 0 Å². The maximum atomic E-state index is 9.49. The Kier molecular flexibility index (Phi) is 4.77. The van der Waals surface area contributed by atoms with Crippen LogP contribution in [0.4, 0.5) is 0 Å². The van der Waals surface area contributed by atoms with Gasteiger partial charge < -0.3 is 5.73 Å². The third-order valence-electron chi connectivity index (χ3n) is 0.424. The average Bonchev–Trinajstić information content (AvgIpc) is 1.69. The van der Waals surface area contributed by atoms with E-state index in [-0.39, 0.29) is 0 Å². The van der Waals surface area contributed by atoms with Crippen molar-refractivity contribution in [3.8, 4) is 0 Å². The zero-order valence-electron chi connectivity index (χ0n) is 4.00. The highest BCUT2D eigenvalue weighted by atomic mass is 16.1. The Morgan fingerprint density at radius 2 is 2.43 bits per heavy atom. The number of nitrogens with two attached hydrogens (primary N) is 1. The SMILES string of the molecule is NCCN=CC=O. The van der Waals surface area contributed by atoms with Crippen LogP contribution in [-0.4, -0.2) is 25.6 Å². The lowest BCUT2D eigenvalue weighted by Crippen LogP contribution is -2.02. The minimum absolute atomic E-state index is 0.504. The molecule has 0 amide bonds. The molecule has 0 aromatic heterocycles. The summed E-state index contributed by atoms with van der Waals surface area (Å²) in [5.41, 5.74) is 5.04. The van der Waals surface area contributed by atoms with Gasteiger partial charge in [0.15, 0.2) is 6.29 Å². The van der Waals surface area contributed by atoms with Crippen molar-refractivity contribution in [1.29, 1.82) is 0 Å². The lowest BCUT2D eigenvalue weighted by Gasteiger charge is -1.78. The van der Waals surface area contributed by atoms with E-state index in [4.69, 9.17) is 5.73 Å². The predicted octanol–water partition coefficient (Wildman–Crippen LogP) is -0.785. The smallest absolute Gasteiger partial charge is 0.160 e. The lowest BCUT2D eigenvalue weighted by atomic mass is 10.7. The predicted molar refractivity (Wildman–Crippen MR) is 28.5 cm³/mol. The van der Waals surface area contributed by atoms with Gasteiger partial charge in [0.05, 0.1) is 12.8 Å². The normalized spacial score (nSPS) is 9.86. The maximum absolute atomic E-state index is 9.49. The van der Waals surface area contributed by atoms with Crippen LogP contribution in [-0.2, 0) is 4.79 Å². The summed E-state index contributed by atoms with van der Waals surface area (Å²) in [6, 6.07) is 0. The Balaban J connectivity index is 2.92. The van der Waals surface area contributed by atoms with Gasteiger partial charge in [-0.25, -0.2) is 0 Å². The minimum Gasteiger partial charge on any atom is -0.329 e. The van der Waals surface area contributed by atoms with E-state index in [1.54, 1.807) is 0 Å². The standard InChI is InChI=1S/C4H8N2O/c5-1-2-6-3-4-7/h3-4H,1-2,5H2. The second kappa shape index (κ2) is 5.30. The maximum Gasteiger partial charge on any atom is 0.160 e. The molecule has 0 saturated carbocycles. The monoisotopic (exact) mass is 100 g/mol. The molecule has 0 rings (SSSR count).